The number of ether oxygens (including phenoxy) is 1. The van der Waals surface area contributed by atoms with Crippen molar-refractivity contribution >= 4 is 0 Å². The van der Waals surface area contributed by atoms with E-state index < -0.39 is 0 Å². The van der Waals surface area contributed by atoms with Gasteiger partial charge in [-0.25, -0.2) is 9.97 Å². The third-order valence-electron chi connectivity index (χ3n) is 2.16. The van der Waals surface area contributed by atoms with Crippen LogP contribution in [0.15, 0.2) is 36.7 Å². The zero-order valence-electron chi connectivity index (χ0n) is 9.05. The average molecular weight is 215 g/mol. The first-order valence-corrected chi connectivity index (χ1v) is 5.03. The Morgan fingerprint density at radius 1 is 1.19 bits per heavy atom. The molecular formula is C12H13N3O. The molecule has 0 radical (unpaired) electrons. The second-order valence-electron chi connectivity index (χ2n) is 3.45. The molecule has 1 aromatic heterocycles. The summed E-state index contributed by atoms with van der Waals surface area (Å²) in [6.07, 6.45) is 1.49. The summed E-state index contributed by atoms with van der Waals surface area (Å²) in [6.45, 7) is 2.43. The Bertz CT molecular complexity index is 468. The molecule has 0 aliphatic heterocycles. The molecule has 0 amide bonds. The lowest BCUT2D eigenvalue weighted by Crippen LogP contribution is -1.95. The van der Waals surface area contributed by atoms with Crippen LogP contribution in [0.2, 0.25) is 0 Å². The second kappa shape index (κ2) is 4.72. The summed E-state index contributed by atoms with van der Waals surface area (Å²) < 4.78 is 5.57. The highest BCUT2D eigenvalue weighted by Crippen LogP contribution is 2.19. The summed E-state index contributed by atoms with van der Waals surface area (Å²) in [6, 6.07) is 9.41. The molecule has 16 heavy (non-hydrogen) atoms. The quantitative estimate of drug-likeness (QED) is 0.851. The fourth-order valence-electron chi connectivity index (χ4n) is 1.30. The summed E-state index contributed by atoms with van der Waals surface area (Å²) in [5.74, 6) is 1.29. The molecular weight excluding hydrogens is 202 g/mol. The highest BCUT2D eigenvalue weighted by molar-refractivity contribution is 5.30. The summed E-state index contributed by atoms with van der Waals surface area (Å²) in [7, 11) is 0. The van der Waals surface area contributed by atoms with Crippen LogP contribution >= 0.6 is 0 Å². The zero-order chi connectivity index (χ0) is 11.4. The van der Waals surface area contributed by atoms with Crippen LogP contribution in [0.5, 0.6) is 11.6 Å². The number of benzene rings is 1. The smallest absolute Gasteiger partial charge is 0.222 e. The molecule has 4 heteroatoms. The van der Waals surface area contributed by atoms with Crippen molar-refractivity contribution in [1.82, 2.24) is 9.97 Å². The molecule has 1 heterocycles. The highest BCUT2D eigenvalue weighted by atomic mass is 16.5. The number of hydrogen-bond donors (Lipinski definition) is 1. The number of nitrogens with zero attached hydrogens (tertiary/aromatic N) is 2. The molecule has 0 atom stereocenters. The van der Waals surface area contributed by atoms with Crippen LogP contribution in [0.1, 0.15) is 11.3 Å². The lowest BCUT2D eigenvalue weighted by molar-refractivity contribution is 0.460. The predicted molar refractivity (Wildman–Crippen MR) is 61.2 cm³/mol. The summed E-state index contributed by atoms with van der Waals surface area (Å²) in [5.41, 5.74) is 7.46. The summed E-state index contributed by atoms with van der Waals surface area (Å²) in [5, 5.41) is 0. The van der Waals surface area contributed by atoms with Gasteiger partial charge in [-0.1, -0.05) is 12.1 Å². The fraction of sp³-hybridized carbons (Fsp3) is 0.167. The molecule has 82 valence electrons. The van der Waals surface area contributed by atoms with Gasteiger partial charge in [0.1, 0.15) is 12.1 Å². The Labute approximate surface area is 94.1 Å². The Kier molecular flexibility index (Phi) is 3.12. The van der Waals surface area contributed by atoms with Gasteiger partial charge in [-0.3, -0.25) is 0 Å². The van der Waals surface area contributed by atoms with Crippen LogP contribution < -0.4 is 10.5 Å². The van der Waals surface area contributed by atoms with Gasteiger partial charge in [-0.2, -0.15) is 0 Å². The van der Waals surface area contributed by atoms with Gasteiger partial charge >= 0.3 is 0 Å². The van der Waals surface area contributed by atoms with Crippen LogP contribution in [0.4, 0.5) is 0 Å². The standard InChI is InChI=1S/C12H13N3O/c1-9-6-12(15-8-14-9)16-11-4-2-10(7-13)3-5-11/h2-6,8H,7,13H2,1H3. The molecule has 0 aliphatic carbocycles. The molecule has 2 N–H and O–H groups in total. The van der Waals surface area contributed by atoms with Gasteiger partial charge in [0, 0.05) is 18.3 Å². The van der Waals surface area contributed by atoms with Gasteiger partial charge in [-0.05, 0) is 24.6 Å². The van der Waals surface area contributed by atoms with E-state index in [2.05, 4.69) is 9.97 Å². The van der Waals surface area contributed by atoms with E-state index in [0.29, 0.717) is 12.4 Å². The first-order valence-electron chi connectivity index (χ1n) is 5.03. The fourth-order valence-corrected chi connectivity index (χ4v) is 1.30. The van der Waals surface area contributed by atoms with Crippen LogP contribution in [-0.2, 0) is 6.54 Å². The molecule has 1 aromatic carbocycles. The molecule has 0 saturated heterocycles. The first-order chi connectivity index (χ1) is 7.78. The van der Waals surface area contributed by atoms with Crippen molar-refractivity contribution in [3.63, 3.8) is 0 Å². The van der Waals surface area contributed by atoms with Gasteiger partial charge in [-0.15, -0.1) is 0 Å². The number of aryl methyl sites for hydroxylation is 1. The van der Waals surface area contributed by atoms with Crippen LogP contribution in [-0.4, -0.2) is 9.97 Å². The van der Waals surface area contributed by atoms with Gasteiger partial charge in [0.25, 0.3) is 0 Å². The zero-order valence-corrected chi connectivity index (χ0v) is 9.05. The van der Waals surface area contributed by atoms with Crippen molar-refractivity contribution in [3.05, 3.63) is 47.9 Å². The average Bonchev–Trinajstić information content (AvgIpc) is 2.30. The topological polar surface area (TPSA) is 61.0 Å². The molecule has 0 unspecified atom stereocenters. The minimum atomic E-state index is 0.535. The van der Waals surface area contributed by atoms with Crippen molar-refractivity contribution in [2.75, 3.05) is 0 Å². The third kappa shape index (κ3) is 2.55. The highest BCUT2D eigenvalue weighted by Gasteiger charge is 1.99. The molecule has 2 rings (SSSR count). The second-order valence-corrected chi connectivity index (χ2v) is 3.45. The van der Waals surface area contributed by atoms with Crippen molar-refractivity contribution in [1.29, 1.82) is 0 Å². The monoisotopic (exact) mass is 215 g/mol. The summed E-state index contributed by atoms with van der Waals surface area (Å²) in [4.78, 5) is 8.02. The van der Waals surface area contributed by atoms with E-state index in [1.54, 1.807) is 6.07 Å². The van der Waals surface area contributed by atoms with Gasteiger partial charge < -0.3 is 10.5 Å². The number of rotatable bonds is 3. The van der Waals surface area contributed by atoms with E-state index in [4.69, 9.17) is 10.5 Å². The maximum absolute atomic E-state index is 5.57. The van der Waals surface area contributed by atoms with E-state index in [1.165, 1.54) is 6.33 Å². The van der Waals surface area contributed by atoms with Gasteiger partial charge in [0.15, 0.2) is 0 Å². The van der Waals surface area contributed by atoms with E-state index >= 15 is 0 Å². The van der Waals surface area contributed by atoms with Crippen LogP contribution in [0, 0.1) is 6.92 Å². The van der Waals surface area contributed by atoms with Crippen molar-refractivity contribution in [2.45, 2.75) is 13.5 Å². The number of aromatic nitrogens is 2. The molecule has 2 aromatic rings. The van der Waals surface area contributed by atoms with Crippen molar-refractivity contribution in [3.8, 4) is 11.6 Å². The SMILES string of the molecule is Cc1cc(Oc2ccc(CN)cc2)ncn1. The normalized spacial score (nSPS) is 10.1. The molecule has 0 saturated carbocycles. The number of nitrogens with two attached hydrogens (primary N) is 1. The molecule has 0 fully saturated rings. The largest absolute Gasteiger partial charge is 0.439 e. The maximum atomic E-state index is 5.57. The minimum absolute atomic E-state index is 0.535. The van der Waals surface area contributed by atoms with E-state index in [-0.39, 0.29) is 0 Å². The number of hydrogen-bond acceptors (Lipinski definition) is 4. The van der Waals surface area contributed by atoms with Crippen LogP contribution in [0.3, 0.4) is 0 Å². The maximum Gasteiger partial charge on any atom is 0.222 e. The van der Waals surface area contributed by atoms with E-state index in [0.717, 1.165) is 17.0 Å². The predicted octanol–water partition coefficient (Wildman–Crippen LogP) is 2.04. The lowest BCUT2D eigenvalue weighted by Gasteiger charge is -2.05. The van der Waals surface area contributed by atoms with Crippen molar-refractivity contribution in [2.24, 2.45) is 5.73 Å². The van der Waals surface area contributed by atoms with Crippen LogP contribution in [0.25, 0.3) is 0 Å². The van der Waals surface area contributed by atoms with Gasteiger partial charge in [0.05, 0.1) is 0 Å². The Morgan fingerprint density at radius 2 is 1.94 bits per heavy atom. The van der Waals surface area contributed by atoms with E-state index in [9.17, 15) is 0 Å². The molecule has 0 spiro atoms. The molecule has 0 aliphatic rings. The molecule has 0 bridgehead atoms. The Morgan fingerprint density at radius 3 is 2.56 bits per heavy atom. The Balaban J connectivity index is 2.14. The third-order valence-corrected chi connectivity index (χ3v) is 2.16. The first kappa shape index (κ1) is 10.6. The Hall–Kier alpha value is -1.94. The minimum Gasteiger partial charge on any atom is -0.439 e. The van der Waals surface area contributed by atoms with E-state index in [1.807, 2.05) is 31.2 Å². The van der Waals surface area contributed by atoms with Crippen molar-refractivity contribution < 1.29 is 4.74 Å². The lowest BCUT2D eigenvalue weighted by atomic mass is 10.2. The summed E-state index contributed by atoms with van der Waals surface area (Å²) >= 11 is 0. The molecule has 4 nitrogen and oxygen atoms in total. The van der Waals surface area contributed by atoms with Gasteiger partial charge in [0.2, 0.25) is 5.88 Å².